The summed E-state index contributed by atoms with van der Waals surface area (Å²) >= 11 is -11.5. The monoisotopic (exact) mass is 290 g/mol. The summed E-state index contributed by atoms with van der Waals surface area (Å²) in [6.45, 7) is 0. The molecule has 0 bridgehead atoms. The maximum Gasteiger partial charge on any atom is -0.0149 e. The van der Waals surface area contributed by atoms with E-state index < -0.39 is 27.2 Å². The third-order valence-corrected chi connectivity index (χ3v) is 2.92. The molecule has 0 unspecified atom stereocenters. The van der Waals surface area contributed by atoms with E-state index in [1.807, 2.05) is 0 Å². The fourth-order valence-corrected chi connectivity index (χ4v) is 1.85. The third-order valence-electron chi connectivity index (χ3n) is 0.172. The van der Waals surface area contributed by atoms with Crippen molar-refractivity contribution in [3.63, 3.8) is 0 Å². The first-order chi connectivity index (χ1) is 3.71. The van der Waals surface area contributed by atoms with Crippen LogP contribution in [0.2, 0.25) is 0 Å². The molecule has 2 N–H and O–H groups in total. The minimum Gasteiger partial charge on any atom is -0.0149 e. The van der Waals surface area contributed by atoms with Crippen molar-refractivity contribution in [3.05, 3.63) is 0 Å². The largest absolute Gasteiger partial charge is 0.0149 e. The Morgan fingerprint density at radius 3 is 1.18 bits per heavy atom. The third kappa shape index (κ3) is 18.7. The van der Waals surface area contributed by atoms with Crippen LogP contribution < -0.4 is 51.4 Å². The van der Waals surface area contributed by atoms with Crippen LogP contribution in [-0.2, 0) is 45.3 Å². The van der Waals surface area contributed by atoms with Crippen molar-refractivity contribution in [2.75, 3.05) is 0 Å². The van der Waals surface area contributed by atoms with Crippen molar-refractivity contribution < 1.29 is 106 Å². The molecule has 0 rings (SSSR count). The van der Waals surface area contributed by atoms with Crippen molar-refractivity contribution in [2.24, 2.45) is 0 Å². The van der Waals surface area contributed by atoms with Crippen LogP contribution in [0.15, 0.2) is 0 Å². The van der Waals surface area contributed by atoms with Gasteiger partial charge in [0.05, 0.1) is 0 Å². The standard InChI is InChI=1S/2Cr.K.2H2O.5O.H4Si.H/h;;;2*1H2;;;;;;1H4;/q3*+1;;;;;;;;;-1/p-2. The fraction of sp³-hybridized carbons (Fsp3) is 0. The van der Waals surface area contributed by atoms with E-state index in [1.54, 1.807) is 0 Å². The Bertz CT molecular complexity index is 247. The van der Waals surface area contributed by atoms with E-state index in [1.165, 1.54) is 0 Å². The van der Waals surface area contributed by atoms with Gasteiger partial charge in [-0.05, 0) is 11.0 Å². The fourth-order valence-electron chi connectivity index (χ4n) is 0.109. The SMILES string of the molecule is [H-].[K+].[O]=[Cr](=[O])([OH])[O][Cr](=[O])(=[O])[OH].[SiH4]. The van der Waals surface area contributed by atoms with Crippen LogP contribution in [0.5, 0.6) is 0 Å². The molecule has 0 aromatic carbocycles. The van der Waals surface area contributed by atoms with Crippen LogP contribution in [0, 0.1) is 0 Å². The molecule has 0 atom stereocenters. The van der Waals surface area contributed by atoms with E-state index in [4.69, 9.17) is 8.32 Å². The molecule has 0 aromatic heterocycles. The van der Waals surface area contributed by atoms with Gasteiger partial charge in [0, 0.05) is 0 Å². The van der Waals surface area contributed by atoms with Gasteiger partial charge in [0.1, 0.15) is 0 Å². The van der Waals surface area contributed by atoms with Crippen molar-refractivity contribution in [3.8, 4) is 0 Å². The summed E-state index contributed by atoms with van der Waals surface area (Å²) in [5.41, 5.74) is 0. The topological polar surface area (TPSA) is 118 Å². The minimum absolute atomic E-state index is 0. The second-order valence-corrected chi connectivity index (χ2v) is 4.68. The van der Waals surface area contributed by atoms with Gasteiger partial charge in [0.15, 0.2) is 0 Å². The van der Waals surface area contributed by atoms with E-state index in [0.29, 0.717) is 0 Å². The maximum atomic E-state index is 9.53. The van der Waals surface area contributed by atoms with E-state index in [0.717, 1.165) is 0 Å². The summed E-state index contributed by atoms with van der Waals surface area (Å²) in [7, 11) is 0. The molecule has 0 aromatic rings. The minimum atomic E-state index is -5.76. The first kappa shape index (κ1) is 18.7. The molecular weight excluding hydrogens is 283 g/mol. The van der Waals surface area contributed by atoms with Crippen LogP contribution >= 0.6 is 0 Å². The van der Waals surface area contributed by atoms with Gasteiger partial charge in [0.25, 0.3) is 0 Å². The van der Waals surface area contributed by atoms with Crippen molar-refractivity contribution >= 4 is 11.0 Å². The molecule has 0 spiro atoms. The molecule has 0 aliphatic rings. The Morgan fingerprint density at radius 2 is 1.18 bits per heavy atom. The first-order valence-electron chi connectivity index (χ1n) is 1.37. The molecule has 0 heterocycles. The van der Waals surface area contributed by atoms with Crippen molar-refractivity contribution in [1.82, 2.24) is 0 Å². The van der Waals surface area contributed by atoms with Crippen molar-refractivity contribution in [2.45, 2.75) is 0 Å². The Hall–Kier alpha value is 2.00. The van der Waals surface area contributed by atoms with Crippen LogP contribution in [0.4, 0.5) is 0 Å². The van der Waals surface area contributed by atoms with Gasteiger partial charge < -0.3 is 1.43 Å². The van der Waals surface area contributed by atoms with Crippen molar-refractivity contribution in [1.29, 1.82) is 0 Å². The summed E-state index contributed by atoms with van der Waals surface area (Å²) in [5.74, 6) is 0. The zero-order valence-electron chi connectivity index (χ0n) is 5.75. The molecule has 11 heteroatoms. The molecule has 0 fully saturated rings. The summed E-state index contributed by atoms with van der Waals surface area (Å²) in [6, 6.07) is 0. The van der Waals surface area contributed by atoms with E-state index in [-0.39, 0.29) is 63.8 Å². The van der Waals surface area contributed by atoms with E-state index >= 15 is 0 Å². The maximum absolute atomic E-state index is 9.53. The summed E-state index contributed by atoms with van der Waals surface area (Å²) < 4.78 is 56.3. The number of rotatable bonds is 2. The molecule has 0 aliphatic carbocycles. The van der Waals surface area contributed by atoms with Crippen LogP contribution in [0.25, 0.3) is 0 Å². The van der Waals surface area contributed by atoms with Gasteiger partial charge >= 0.3 is 105 Å². The van der Waals surface area contributed by atoms with Gasteiger partial charge in [-0.3, -0.25) is 0 Å². The first-order valence-corrected chi connectivity index (χ1v) is 5.63. The molecule has 66 valence electrons. The molecule has 0 saturated carbocycles. The molecule has 0 aliphatic heterocycles. The molecule has 11 heavy (non-hydrogen) atoms. The van der Waals surface area contributed by atoms with Gasteiger partial charge in [0.2, 0.25) is 0 Å². The second-order valence-electron chi connectivity index (χ2n) is 0.924. The Kier molecular flexibility index (Phi) is 11.0. The summed E-state index contributed by atoms with van der Waals surface area (Å²) in [5, 5.41) is 0. The smallest absolute Gasteiger partial charge is 0.0149 e. The van der Waals surface area contributed by atoms with Crippen LogP contribution in [0.1, 0.15) is 1.43 Å². The van der Waals surface area contributed by atoms with Crippen LogP contribution in [-0.4, -0.2) is 19.3 Å². The molecule has 0 amide bonds. The zero-order valence-corrected chi connectivity index (χ0v) is 10.4. The summed E-state index contributed by atoms with van der Waals surface area (Å²) in [6.07, 6.45) is 0. The molecular formula is H7Cr2KO7Si. The number of hydrogen-bond acceptors (Lipinski definition) is 5. The summed E-state index contributed by atoms with van der Waals surface area (Å²) in [4.78, 5) is 0. The van der Waals surface area contributed by atoms with Gasteiger partial charge in [-0.1, -0.05) is 0 Å². The zero-order chi connectivity index (χ0) is 7.71. The molecule has 0 radical (unpaired) electrons. The van der Waals surface area contributed by atoms with Gasteiger partial charge in [-0.15, -0.1) is 0 Å². The second kappa shape index (κ2) is 6.45. The molecule has 7 nitrogen and oxygen atoms in total. The predicted molar refractivity (Wildman–Crippen MR) is 20.7 cm³/mol. The van der Waals surface area contributed by atoms with E-state index in [2.05, 4.69) is 2.84 Å². The van der Waals surface area contributed by atoms with Gasteiger partial charge in [-0.2, -0.15) is 0 Å². The van der Waals surface area contributed by atoms with Gasteiger partial charge in [-0.25, -0.2) is 0 Å². The average molecular weight is 290 g/mol. The average Bonchev–Trinajstić information content (AvgIpc) is 1.14. The quantitative estimate of drug-likeness (QED) is 0.486. The Balaban J connectivity index is -0.000000107. The number of hydrogen-bond donors (Lipinski definition) is 2. The van der Waals surface area contributed by atoms with E-state index in [9.17, 15) is 15.2 Å². The van der Waals surface area contributed by atoms with Crippen LogP contribution in [0.3, 0.4) is 0 Å². The predicted octanol–water partition coefficient (Wildman–Crippen LogP) is -6.00. The normalized spacial score (nSPS) is 11.1. The molecule has 0 saturated heterocycles. The Morgan fingerprint density at radius 1 is 1.00 bits per heavy atom. The Labute approximate surface area is 115 Å².